The largest absolute Gasteiger partial charge is 0.471 e. The second-order valence-corrected chi connectivity index (χ2v) is 5.26. The lowest BCUT2D eigenvalue weighted by atomic mass is 10.1. The molecule has 1 aliphatic heterocycles. The van der Waals surface area contributed by atoms with E-state index in [4.69, 9.17) is 27.4 Å². The monoisotopic (exact) mass is 283 g/mol. The highest BCUT2D eigenvalue weighted by Crippen LogP contribution is 2.31. The summed E-state index contributed by atoms with van der Waals surface area (Å²) in [7, 11) is 0. The third kappa shape index (κ3) is 3.25. The standard InChI is InChI=1S/C13H21N3O2S/c1-3-4-5-6-17-8-10-7-11-9(2)15-16(13(14)19)12(11)18-10/h10H,3-8H2,1-2H3,(H2,14,19)/t10-/m1/s1. The number of aromatic nitrogens is 2. The van der Waals surface area contributed by atoms with E-state index in [0.717, 1.165) is 30.7 Å². The predicted molar refractivity (Wildman–Crippen MR) is 77.6 cm³/mol. The summed E-state index contributed by atoms with van der Waals surface area (Å²) in [6.07, 6.45) is 4.39. The van der Waals surface area contributed by atoms with Crippen LogP contribution in [0.25, 0.3) is 0 Å². The SMILES string of the molecule is CCCCCOC[C@H]1Cc2c(C)nn(C(N)=S)c2O1. The number of fused-ring (bicyclic) bond motifs is 1. The Hall–Kier alpha value is -1.14. The van der Waals surface area contributed by atoms with Crippen LogP contribution in [0.3, 0.4) is 0 Å². The molecule has 6 heteroatoms. The smallest absolute Gasteiger partial charge is 0.222 e. The number of unbranched alkanes of at least 4 members (excludes halogenated alkanes) is 2. The van der Waals surface area contributed by atoms with Gasteiger partial charge in [0.05, 0.1) is 12.3 Å². The number of hydrogen-bond acceptors (Lipinski definition) is 4. The molecule has 0 aromatic carbocycles. The molecule has 0 fully saturated rings. The van der Waals surface area contributed by atoms with Crippen LogP contribution >= 0.6 is 12.2 Å². The van der Waals surface area contributed by atoms with Crippen LogP contribution < -0.4 is 10.5 Å². The van der Waals surface area contributed by atoms with Gasteiger partial charge in [0.25, 0.3) is 0 Å². The van der Waals surface area contributed by atoms with Crippen molar-refractivity contribution in [3.63, 3.8) is 0 Å². The van der Waals surface area contributed by atoms with Crippen LogP contribution in [-0.4, -0.2) is 34.2 Å². The lowest BCUT2D eigenvalue weighted by Gasteiger charge is -2.12. The van der Waals surface area contributed by atoms with E-state index in [2.05, 4.69) is 12.0 Å². The van der Waals surface area contributed by atoms with Crippen molar-refractivity contribution in [3.05, 3.63) is 11.3 Å². The van der Waals surface area contributed by atoms with Crippen LogP contribution in [0.5, 0.6) is 5.88 Å². The highest BCUT2D eigenvalue weighted by molar-refractivity contribution is 7.80. The van der Waals surface area contributed by atoms with Gasteiger partial charge in [-0.05, 0) is 25.6 Å². The van der Waals surface area contributed by atoms with Crippen molar-refractivity contribution in [3.8, 4) is 5.88 Å². The van der Waals surface area contributed by atoms with E-state index in [9.17, 15) is 0 Å². The van der Waals surface area contributed by atoms with Crippen molar-refractivity contribution >= 4 is 17.3 Å². The molecule has 0 saturated heterocycles. The zero-order chi connectivity index (χ0) is 13.8. The van der Waals surface area contributed by atoms with E-state index in [-0.39, 0.29) is 11.2 Å². The number of thiocarbonyl (C=S) groups is 1. The van der Waals surface area contributed by atoms with Crippen molar-refractivity contribution in [1.82, 2.24) is 9.78 Å². The Morgan fingerprint density at radius 2 is 2.37 bits per heavy atom. The maximum atomic E-state index is 5.83. The molecular weight excluding hydrogens is 262 g/mol. The zero-order valence-electron chi connectivity index (χ0n) is 11.5. The maximum Gasteiger partial charge on any atom is 0.222 e. The summed E-state index contributed by atoms with van der Waals surface area (Å²) in [5.41, 5.74) is 7.64. The molecule has 1 aromatic heterocycles. The quantitative estimate of drug-likeness (QED) is 0.637. The summed E-state index contributed by atoms with van der Waals surface area (Å²) in [5, 5.41) is 4.49. The molecule has 19 heavy (non-hydrogen) atoms. The lowest BCUT2D eigenvalue weighted by Crippen LogP contribution is -2.25. The molecule has 0 saturated carbocycles. The Morgan fingerprint density at radius 3 is 3.05 bits per heavy atom. The fourth-order valence-corrected chi connectivity index (χ4v) is 2.36. The Balaban J connectivity index is 1.86. The van der Waals surface area contributed by atoms with Crippen molar-refractivity contribution in [2.24, 2.45) is 5.73 Å². The molecule has 0 bridgehead atoms. The maximum absolute atomic E-state index is 5.83. The van der Waals surface area contributed by atoms with E-state index in [1.54, 1.807) is 0 Å². The van der Waals surface area contributed by atoms with Crippen molar-refractivity contribution in [2.75, 3.05) is 13.2 Å². The van der Waals surface area contributed by atoms with Gasteiger partial charge in [0.2, 0.25) is 5.88 Å². The van der Waals surface area contributed by atoms with Gasteiger partial charge in [-0.25, -0.2) is 0 Å². The summed E-state index contributed by atoms with van der Waals surface area (Å²) < 4.78 is 13.0. The van der Waals surface area contributed by atoms with Crippen LogP contribution in [0.2, 0.25) is 0 Å². The van der Waals surface area contributed by atoms with Crippen LogP contribution in [0, 0.1) is 6.92 Å². The molecule has 0 spiro atoms. The summed E-state index contributed by atoms with van der Waals surface area (Å²) >= 11 is 4.96. The molecule has 106 valence electrons. The van der Waals surface area contributed by atoms with Gasteiger partial charge in [0.1, 0.15) is 6.10 Å². The predicted octanol–water partition coefficient (Wildman–Crippen LogP) is 1.79. The van der Waals surface area contributed by atoms with E-state index >= 15 is 0 Å². The molecule has 5 nitrogen and oxygen atoms in total. The van der Waals surface area contributed by atoms with E-state index < -0.39 is 0 Å². The molecule has 0 radical (unpaired) electrons. The Kier molecular flexibility index (Phi) is 4.76. The minimum absolute atomic E-state index is 0.0499. The van der Waals surface area contributed by atoms with Gasteiger partial charge in [-0.3, -0.25) is 0 Å². The molecule has 1 aromatic rings. The van der Waals surface area contributed by atoms with Crippen LogP contribution in [0.15, 0.2) is 0 Å². The zero-order valence-corrected chi connectivity index (χ0v) is 12.3. The highest BCUT2D eigenvalue weighted by Gasteiger charge is 2.30. The Labute approximate surface area is 119 Å². The molecule has 1 aliphatic rings. The van der Waals surface area contributed by atoms with Gasteiger partial charge < -0.3 is 15.2 Å². The molecular formula is C13H21N3O2S. The van der Waals surface area contributed by atoms with Crippen molar-refractivity contribution in [2.45, 2.75) is 45.6 Å². The molecule has 0 unspecified atom stereocenters. The van der Waals surface area contributed by atoms with Gasteiger partial charge in [-0.2, -0.15) is 9.78 Å². The van der Waals surface area contributed by atoms with Gasteiger partial charge in [-0.15, -0.1) is 0 Å². The fourth-order valence-electron chi connectivity index (χ4n) is 2.23. The average molecular weight is 283 g/mol. The number of rotatable bonds is 6. The molecule has 2 heterocycles. The van der Waals surface area contributed by atoms with Gasteiger partial charge >= 0.3 is 0 Å². The van der Waals surface area contributed by atoms with Crippen LogP contribution in [0.1, 0.15) is 37.4 Å². The molecule has 1 atom stereocenters. The summed E-state index contributed by atoms with van der Waals surface area (Å²) in [6.45, 7) is 5.53. The number of aryl methyl sites for hydroxylation is 1. The highest BCUT2D eigenvalue weighted by atomic mass is 32.1. The first kappa shape index (κ1) is 14.3. The number of nitrogens with two attached hydrogens (primary N) is 1. The van der Waals surface area contributed by atoms with Gasteiger partial charge in [0.15, 0.2) is 5.11 Å². The number of hydrogen-bond donors (Lipinski definition) is 1. The first-order chi connectivity index (χ1) is 9.13. The third-order valence-corrected chi connectivity index (χ3v) is 3.43. The Morgan fingerprint density at radius 1 is 1.58 bits per heavy atom. The van der Waals surface area contributed by atoms with Crippen molar-refractivity contribution < 1.29 is 9.47 Å². The normalized spacial score (nSPS) is 17.3. The van der Waals surface area contributed by atoms with E-state index in [1.807, 2.05) is 6.92 Å². The second kappa shape index (κ2) is 6.34. The second-order valence-electron chi connectivity index (χ2n) is 4.85. The lowest BCUT2D eigenvalue weighted by molar-refractivity contribution is 0.0557. The summed E-state index contributed by atoms with van der Waals surface area (Å²) in [5.74, 6) is 0.687. The Bertz CT molecular complexity index is 459. The van der Waals surface area contributed by atoms with Gasteiger partial charge in [0, 0.05) is 18.6 Å². The number of ether oxygens (including phenoxy) is 2. The third-order valence-electron chi connectivity index (χ3n) is 3.25. The topological polar surface area (TPSA) is 62.3 Å². The van der Waals surface area contributed by atoms with E-state index in [1.165, 1.54) is 17.5 Å². The molecule has 0 amide bonds. The average Bonchev–Trinajstić information content (AvgIpc) is 2.90. The first-order valence-corrected chi connectivity index (χ1v) is 7.17. The first-order valence-electron chi connectivity index (χ1n) is 6.76. The minimum Gasteiger partial charge on any atom is -0.471 e. The fraction of sp³-hybridized carbons (Fsp3) is 0.692. The van der Waals surface area contributed by atoms with Crippen molar-refractivity contribution in [1.29, 1.82) is 0 Å². The number of nitrogens with zero attached hydrogens (tertiary/aromatic N) is 2. The molecule has 2 N–H and O–H groups in total. The molecule has 2 rings (SSSR count). The van der Waals surface area contributed by atoms with E-state index in [0.29, 0.717) is 12.5 Å². The van der Waals surface area contributed by atoms with Crippen LogP contribution in [-0.2, 0) is 11.2 Å². The van der Waals surface area contributed by atoms with Gasteiger partial charge in [-0.1, -0.05) is 19.8 Å². The molecule has 0 aliphatic carbocycles. The summed E-state index contributed by atoms with van der Waals surface area (Å²) in [4.78, 5) is 0. The van der Waals surface area contributed by atoms with Crippen LogP contribution in [0.4, 0.5) is 0 Å². The summed E-state index contributed by atoms with van der Waals surface area (Å²) in [6, 6.07) is 0. The minimum atomic E-state index is 0.0499.